The molecule has 5 atom stereocenters. The maximum absolute atomic E-state index is 12.1. The van der Waals surface area contributed by atoms with E-state index in [0.29, 0.717) is 19.3 Å². The molecule has 152 valence electrons. The number of unbranched alkanes of at least 4 members (excludes halogenated alkanes) is 3. The van der Waals surface area contributed by atoms with Gasteiger partial charge >= 0.3 is 0 Å². The maximum Gasteiger partial charge on any atom is 0.226 e. The summed E-state index contributed by atoms with van der Waals surface area (Å²) in [6.07, 6.45) is 5.43. The molecule has 1 heterocycles. The molecule has 0 aliphatic heterocycles. The Kier molecular flexibility index (Phi) is 8.67. The van der Waals surface area contributed by atoms with Gasteiger partial charge in [0.1, 0.15) is 11.9 Å². The standard InChI is InChI=1S/C21H32O6/c1-14(22)7-4-2-3-5-8-15-16(19(25)13-18(15)24)10-11-17(23)21(26)20-9-6-12-27-20/h6,9,12,15-19,23-25H,2-5,7-8,10-11,13H2,1H3/t15-,16-,17?,18+,19-/m1/s1. The Bertz CT molecular complexity index is 582. The third-order valence-corrected chi connectivity index (χ3v) is 5.68. The summed E-state index contributed by atoms with van der Waals surface area (Å²) in [6.45, 7) is 1.60. The molecule has 0 radical (unpaired) electrons. The van der Waals surface area contributed by atoms with Crippen LogP contribution in [0.5, 0.6) is 0 Å². The Morgan fingerprint density at radius 2 is 1.78 bits per heavy atom. The summed E-state index contributed by atoms with van der Waals surface area (Å²) < 4.78 is 5.03. The molecule has 0 aromatic carbocycles. The number of Topliss-reactive ketones (excluding diaryl/α,β-unsaturated/α-hetero) is 2. The third kappa shape index (κ3) is 6.55. The normalized spacial score (nSPS) is 26.2. The lowest BCUT2D eigenvalue weighted by atomic mass is 9.84. The van der Waals surface area contributed by atoms with Crippen LogP contribution in [0.4, 0.5) is 0 Å². The zero-order valence-corrected chi connectivity index (χ0v) is 16.0. The number of aliphatic hydroxyl groups excluding tert-OH is 3. The van der Waals surface area contributed by atoms with E-state index in [0.717, 1.165) is 32.1 Å². The van der Waals surface area contributed by atoms with Gasteiger partial charge in [-0.3, -0.25) is 4.79 Å². The van der Waals surface area contributed by atoms with E-state index in [1.165, 1.54) is 12.3 Å². The fraction of sp³-hybridized carbons (Fsp3) is 0.714. The van der Waals surface area contributed by atoms with Gasteiger partial charge in [0.15, 0.2) is 5.76 Å². The van der Waals surface area contributed by atoms with Crippen molar-refractivity contribution in [3.8, 4) is 0 Å². The number of carbonyl (C=O) groups is 2. The first-order valence-electron chi connectivity index (χ1n) is 10.0. The van der Waals surface area contributed by atoms with Crippen LogP contribution in [0.25, 0.3) is 0 Å². The lowest BCUT2D eigenvalue weighted by Crippen LogP contribution is -2.26. The van der Waals surface area contributed by atoms with Gasteiger partial charge in [-0.1, -0.05) is 19.3 Å². The van der Waals surface area contributed by atoms with Crippen molar-refractivity contribution in [3.63, 3.8) is 0 Å². The second-order valence-corrected chi connectivity index (χ2v) is 7.79. The zero-order chi connectivity index (χ0) is 19.8. The number of hydrogen-bond donors (Lipinski definition) is 3. The van der Waals surface area contributed by atoms with Crippen LogP contribution in [0.3, 0.4) is 0 Å². The van der Waals surface area contributed by atoms with Crippen molar-refractivity contribution >= 4 is 11.6 Å². The largest absolute Gasteiger partial charge is 0.461 e. The number of furan rings is 1. The Labute approximate surface area is 160 Å². The summed E-state index contributed by atoms with van der Waals surface area (Å²) in [7, 11) is 0. The minimum absolute atomic E-state index is 0.0151. The van der Waals surface area contributed by atoms with E-state index in [9.17, 15) is 24.9 Å². The molecular weight excluding hydrogens is 348 g/mol. The quantitative estimate of drug-likeness (QED) is 0.380. The average Bonchev–Trinajstić information content (AvgIpc) is 3.24. The fourth-order valence-corrected chi connectivity index (χ4v) is 4.15. The van der Waals surface area contributed by atoms with Crippen molar-refractivity contribution in [1.82, 2.24) is 0 Å². The van der Waals surface area contributed by atoms with Crippen LogP contribution in [-0.2, 0) is 4.79 Å². The highest BCUT2D eigenvalue weighted by Gasteiger charge is 2.41. The minimum atomic E-state index is -1.16. The molecule has 1 saturated carbocycles. The van der Waals surface area contributed by atoms with Crippen LogP contribution >= 0.6 is 0 Å². The Morgan fingerprint density at radius 3 is 2.41 bits per heavy atom. The van der Waals surface area contributed by atoms with E-state index in [-0.39, 0.29) is 29.8 Å². The van der Waals surface area contributed by atoms with E-state index < -0.39 is 24.1 Å². The molecule has 0 saturated heterocycles. The molecule has 27 heavy (non-hydrogen) atoms. The molecule has 6 heteroatoms. The van der Waals surface area contributed by atoms with Gasteiger partial charge in [-0.25, -0.2) is 0 Å². The predicted molar refractivity (Wildman–Crippen MR) is 100 cm³/mol. The molecule has 1 aromatic rings. The number of rotatable bonds is 12. The van der Waals surface area contributed by atoms with Gasteiger partial charge in [-0.15, -0.1) is 0 Å². The summed E-state index contributed by atoms with van der Waals surface area (Å²) in [5.74, 6) is -0.228. The summed E-state index contributed by atoms with van der Waals surface area (Å²) in [5.41, 5.74) is 0. The van der Waals surface area contributed by atoms with Gasteiger partial charge in [0, 0.05) is 6.42 Å². The van der Waals surface area contributed by atoms with Crippen LogP contribution in [0.1, 0.15) is 75.3 Å². The highest BCUT2D eigenvalue weighted by Crippen LogP contribution is 2.39. The zero-order valence-electron chi connectivity index (χ0n) is 16.0. The second kappa shape index (κ2) is 10.7. The molecule has 1 unspecified atom stereocenters. The van der Waals surface area contributed by atoms with Crippen molar-refractivity contribution in [2.75, 3.05) is 0 Å². The summed E-state index contributed by atoms with van der Waals surface area (Å²) >= 11 is 0. The molecule has 0 spiro atoms. The average molecular weight is 380 g/mol. The SMILES string of the molecule is CC(=O)CCCCCC[C@@H]1[C@@H](CCC(O)C(=O)c2ccco2)[C@H](O)C[C@@H]1O. The highest BCUT2D eigenvalue weighted by molar-refractivity contribution is 5.96. The van der Waals surface area contributed by atoms with Gasteiger partial charge < -0.3 is 24.5 Å². The summed E-state index contributed by atoms with van der Waals surface area (Å²) in [4.78, 5) is 23.0. The highest BCUT2D eigenvalue weighted by atomic mass is 16.3. The number of carbonyl (C=O) groups excluding carboxylic acids is 2. The van der Waals surface area contributed by atoms with E-state index in [2.05, 4.69) is 0 Å². The Morgan fingerprint density at radius 1 is 1.11 bits per heavy atom. The lowest BCUT2D eigenvalue weighted by molar-refractivity contribution is -0.117. The second-order valence-electron chi connectivity index (χ2n) is 7.79. The summed E-state index contributed by atoms with van der Waals surface area (Å²) in [5, 5.41) is 30.7. The minimum Gasteiger partial charge on any atom is -0.461 e. The van der Waals surface area contributed by atoms with E-state index >= 15 is 0 Å². The van der Waals surface area contributed by atoms with Gasteiger partial charge in [-0.05, 0) is 63.0 Å². The van der Waals surface area contributed by atoms with Crippen LogP contribution in [0.2, 0.25) is 0 Å². The number of ketones is 2. The monoisotopic (exact) mass is 380 g/mol. The molecule has 6 nitrogen and oxygen atoms in total. The molecule has 2 rings (SSSR count). The fourth-order valence-electron chi connectivity index (χ4n) is 4.15. The van der Waals surface area contributed by atoms with E-state index in [1.54, 1.807) is 13.0 Å². The van der Waals surface area contributed by atoms with Crippen molar-refractivity contribution in [3.05, 3.63) is 24.2 Å². The molecular formula is C21H32O6. The molecule has 1 aliphatic rings. The van der Waals surface area contributed by atoms with Gasteiger partial charge in [0.25, 0.3) is 0 Å². The molecule has 0 amide bonds. The molecule has 1 aromatic heterocycles. The molecule has 1 fully saturated rings. The van der Waals surface area contributed by atoms with E-state index in [4.69, 9.17) is 4.42 Å². The van der Waals surface area contributed by atoms with E-state index in [1.807, 2.05) is 0 Å². The predicted octanol–water partition coefficient (Wildman–Crippen LogP) is 2.89. The first-order valence-corrected chi connectivity index (χ1v) is 10.0. The first-order chi connectivity index (χ1) is 12.9. The number of aliphatic hydroxyl groups is 3. The van der Waals surface area contributed by atoms with Crippen molar-refractivity contribution < 1.29 is 29.3 Å². The van der Waals surface area contributed by atoms with Crippen LogP contribution in [-0.4, -0.2) is 45.2 Å². The molecule has 3 N–H and O–H groups in total. The van der Waals surface area contributed by atoms with Crippen LogP contribution in [0.15, 0.2) is 22.8 Å². The topological polar surface area (TPSA) is 108 Å². The molecule has 1 aliphatic carbocycles. The van der Waals surface area contributed by atoms with Gasteiger partial charge in [0.2, 0.25) is 5.78 Å². The summed E-state index contributed by atoms with van der Waals surface area (Å²) in [6, 6.07) is 3.12. The van der Waals surface area contributed by atoms with Crippen LogP contribution < -0.4 is 0 Å². The van der Waals surface area contributed by atoms with Crippen LogP contribution in [0, 0.1) is 11.8 Å². The van der Waals surface area contributed by atoms with Crippen molar-refractivity contribution in [2.45, 2.75) is 83.0 Å². The Hall–Kier alpha value is -1.50. The van der Waals surface area contributed by atoms with Gasteiger partial charge in [-0.2, -0.15) is 0 Å². The maximum atomic E-state index is 12.1. The smallest absolute Gasteiger partial charge is 0.226 e. The van der Waals surface area contributed by atoms with Crippen molar-refractivity contribution in [1.29, 1.82) is 0 Å². The van der Waals surface area contributed by atoms with Crippen molar-refractivity contribution in [2.24, 2.45) is 11.8 Å². The molecule has 0 bridgehead atoms. The third-order valence-electron chi connectivity index (χ3n) is 5.68. The van der Waals surface area contributed by atoms with Gasteiger partial charge in [0.05, 0.1) is 18.5 Å². The first kappa shape index (κ1) is 21.8. The number of hydrogen-bond acceptors (Lipinski definition) is 6. The lowest BCUT2D eigenvalue weighted by Gasteiger charge is -2.24. The Balaban J connectivity index is 1.77.